The Hall–Kier alpha value is -0.280. The molecule has 3 rings (SSSR count). The minimum atomic E-state index is -0.320. The molecule has 0 aromatic carbocycles. The molecule has 0 radical (unpaired) electrons. The van der Waals surface area contributed by atoms with Gasteiger partial charge in [0.2, 0.25) is 0 Å². The van der Waals surface area contributed by atoms with Crippen LogP contribution in [0.3, 0.4) is 0 Å². The summed E-state index contributed by atoms with van der Waals surface area (Å²) in [4.78, 5) is 0. The van der Waals surface area contributed by atoms with Gasteiger partial charge in [0.05, 0.1) is 18.3 Å². The van der Waals surface area contributed by atoms with Crippen LogP contribution in [-0.4, -0.2) is 69.5 Å². The standard InChI is InChI=1S/C28H55N3O4/c1-20-17-21(34-15-5-12-30)9-10-27(20,2)24-18-26(35-16-6-13-31)28(3)23(7-8-25(28)32)22(24)19-33-14-4-11-29/h20-26,32H,4-19,29-31H2,1-3H3/t20?,21-,22?,23+,24+,25+,26+,27?,28?/m1/s1. The van der Waals surface area contributed by atoms with Gasteiger partial charge < -0.3 is 36.5 Å². The largest absolute Gasteiger partial charge is 0.392 e. The van der Waals surface area contributed by atoms with Gasteiger partial charge in [-0.05, 0) is 107 Å². The summed E-state index contributed by atoms with van der Waals surface area (Å²) in [7, 11) is 0. The van der Waals surface area contributed by atoms with E-state index in [1.54, 1.807) is 0 Å². The van der Waals surface area contributed by atoms with E-state index < -0.39 is 0 Å². The van der Waals surface area contributed by atoms with Gasteiger partial charge in [-0.1, -0.05) is 20.8 Å². The van der Waals surface area contributed by atoms with Gasteiger partial charge in [0.15, 0.2) is 0 Å². The first-order valence-corrected chi connectivity index (χ1v) is 14.4. The number of ether oxygens (including phenoxy) is 3. The van der Waals surface area contributed by atoms with Gasteiger partial charge in [-0.15, -0.1) is 0 Å². The van der Waals surface area contributed by atoms with Crippen molar-refractivity contribution in [1.29, 1.82) is 0 Å². The lowest BCUT2D eigenvalue weighted by molar-refractivity contribution is -0.189. The van der Waals surface area contributed by atoms with Crippen molar-refractivity contribution in [1.82, 2.24) is 0 Å². The van der Waals surface area contributed by atoms with E-state index in [0.29, 0.717) is 62.6 Å². The van der Waals surface area contributed by atoms with Crippen molar-refractivity contribution in [2.75, 3.05) is 46.1 Å². The van der Waals surface area contributed by atoms with E-state index in [1.165, 1.54) is 0 Å². The van der Waals surface area contributed by atoms with Crippen LogP contribution in [0.15, 0.2) is 0 Å². The second kappa shape index (κ2) is 13.5. The van der Waals surface area contributed by atoms with Gasteiger partial charge in [-0.25, -0.2) is 0 Å². The van der Waals surface area contributed by atoms with Crippen LogP contribution in [0.25, 0.3) is 0 Å². The molecule has 7 nitrogen and oxygen atoms in total. The van der Waals surface area contributed by atoms with Crippen molar-refractivity contribution in [2.45, 2.75) is 96.9 Å². The van der Waals surface area contributed by atoms with Crippen molar-refractivity contribution in [3.05, 3.63) is 0 Å². The molecule has 7 N–H and O–H groups in total. The molecule has 3 aliphatic rings. The molecule has 0 spiro atoms. The molecule has 0 aromatic rings. The average molecular weight is 498 g/mol. The summed E-state index contributed by atoms with van der Waals surface area (Å²) in [6.07, 6.45) is 9.00. The summed E-state index contributed by atoms with van der Waals surface area (Å²) >= 11 is 0. The van der Waals surface area contributed by atoms with Crippen LogP contribution in [0.1, 0.15) is 78.6 Å². The van der Waals surface area contributed by atoms with Gasteiger partial charge >= 0.3 is 0 Å². The van der Waals surface area contributed by atoms with Crippen LogP contribution in [-0.2, 0) is 14.2 Å². The first kappa shape index (κ1) is 29.3. The van der Waals surface area contributed by atoms with E-state index in [2.05, 4.69) is 20.8 Å². The summed E-state index contributed by atoms with van der Waals surface area (Å²) in [5, 5.41) is 11.2. The average Bonchev–Trinajstić information content (AvgIpc) is 3.15. The molecule has 206 valence electrons. The topological polar surface area (TPSA) is 126 Å². The Morgan fingerprint density at radius 3 is 2.14 bits per heavy atom. The van der Waals surface area contributed by atoms with Crippen LogP contribution in [0.4, 0.5) is 0 Å². The fourth-order valence-electron chi connectivity index (χ4n) is 7.76. The highest BCUT2D eigenvalue weighted by Gasteiger charge is 2.62. The van der Waals surface area contributed by atoms with E-state index in [-0.39, 0.29) is 23.0 Å². The highest BCUT2D eigenvalue weighted by Crippen LogP contribution is 2.63. The molecule has 4 unspecified atom stereocenters. The van der Waals surface area contributed by atoms with Gasteiger partial charge in [0.25, 0.3) is 0 Å². The molecule has 9 atom stereocenters. The quantitative estimate of drug-likeness (QED) is 0.272. The molecule has 0 bridgehead atoms. The molecule has 0 aromatic heterocycles. The number of aliphatic hydroxyl groups is 1. The molecular weight excluding hydrogens is 442 g/mol. The number of nitrogens with two attached hydrogens (primary N) is 3. The number of aliphatic hydroxyl groups excluding tert-OH is 1. The third kappa shape index (κ3) is 6.42. The second-order valence-electron chi connectivity index (χ2n) is 12.1. The summed E-state index contributed by atoms with van der Waals surface area (Å²) in [5.41, 5.74) is 17.1. The third-order valence-electron chi connectivity index (χ3n) is 10.2. The van der Waals surface area contributed by atoms with Crippen molar-refractivity contribution < 1.29 is 19.3 Å². The Labute approximate surface area is 214 Å². The van der Waals surface area contributed by atoms with E-state index in [4.69, 9.17) is 31.4 Å². The molecule has 0 saturated heterocycles. The SMILES string of the molecule is CC1C[C@H](OCCCN)CCC1(C)[C@H]1C[C@H](OCCCN)C2(C)[C@@H](O)CC[C@H]2C1COCCCN. The molecule has 7 heteroatoms. The zero-order chi connectivity index (χ0) is 25.5. The van der Waals surface area contributed by atoms with Crippen LogP contribution in [0, 0.1) is 34.5 Å². The summed E-state index contributed by atoms with van der Waals surface area (Å²) in [5.74, 6) is 1.87. The second-order valence-corrected chi connectivity index (χ2v) is 12.1. The lowest BCUT2D eigenvalue weighted by Gasteiger charge is -2.59. The maximum atomic E-state index is 11.2. The Kier molecular flexibility index (Phi) is 11.3. The molecule has 0 aliphatic heterocycles. The lowest BCUT2D eigenvalue weighted by Crippen LogP contribution is -2.58. The molecule has 35 heavy (non-hydrogen) atoms. The molecule has 3 fully saturated rings. The van der Waals surface area contributed by atoms with Gasteiger partial charge in [-0.3, -0.25) is 0 Å². The number of hydrogen-bond acceptors (Lipinski definition) is 7. The Morgan fingerprint density at radius 1 is 0.829 bits per heavy atom. The summed E-state index contributed by atoms with van der Waals surface area (Å²) in [6, 6.07) is 0. The highest BCUT2D eigenvalue weighted by atomic mass is 16.5. The normalized spacial score (nSPS) is 41.7. The van der Waals surface area contributed by atoms with Gasteiger partial charge in [0.1, 0.15) is 0 Å². The zero-order valence-electron chi connectivity index (χ0n) is 22.8. The van der Waals surface area contributed by atoms with Crippen molar-refractivity contribution >= 4 is 0 Å². The first-order chi connectivity index (χ1) is 16.8. The zero-order valence-corrected chi connectivity index (χ0v) is 22.8. The van der Waals surface area contributed by atoms with Crippen molar-refractivity contribution in [3.63, 3.8) is 0 Å². The number of hydrogen-bond donors (Lipinski definition) is 4. The van der Waals surface area contributed by atoms with E-state index in [9.17, 15) is 5.11 Å². The Bertz CT molecular complexity index is 625. The van der Waals surface area contributed by atoms with Gasteiger partial charge in [-0.2, -0.15) is 0 Å². The molecule has 3 aliphatic carbocycles. The fourth-order valence-corrected chi connectivity index (χ4v) is 7.76. The highest BCUT2D eigenvalue weighted by molar-refractivity contribution is 5.11. The lowest BCUT2D eigenvalue weighted by atomic mass is 9.49. The monoisotopic (exact) mass is 497 g/mol. The predicted molar refractivity (Wildman–Crippen MR) is 141 cm³/mol. The smallest absolute Gasteiger partial charge is 0.0659 e. The van der Waals surface area contributed by atoms with Crippen molar-refractivity contribution in [2.24, 2.45) is 51.7 Å². The minimum Gasteiger partial charge on any atom is -0.392 e. The molecule has 0 amide bonds. The Morgan fingerprint density at radius 2 is 1.49 bits per heavy atom. The summed E-state index contributed by atoms with van der Waals surface area (Å²) in [6.45, 7) is 12.1. The van der Waals surface area contributed by atoms with Crippen molar-refractivity contribution in [3.8, 4) is 0 Å². The summed E-state index contributed by atoms with van der Waals surface area (Å²) < 4.78 is 19.0. The minimum absolute atomic E-state index is 0.0596. The van der Waals surface area contributed by atoms with E-state index in [0.717, 1.165) is 71.0 Å². The molecule has 0 heterocycles. The third-order valence-corrected chi connectivity index (χ3v) is 10.2. The Balaban J connectivity index is 1.82. The van der Waals surface area contributed by atoms with Crippen LogP contribution >= 0.6 is 0 Å². The van der Waals surface area contributed by atoms with Crippen LogP contribution < -0.4 is 17.2 Å². The van der Waals surface area contributed by atoms with Crippen LogP contribution in [0.5, 0.6) is 0 Å². The maximum Gasteiger partial charge on any atom is 0.0659 e. The van der Waals surface area contributed by atoms with Gasteiger partial charge in [0, 0.05) is 31.8 Å². The molecular formula is C28H55N3O4. The maximum absolute atomic E-state index is 11.2. The predicted octanol–water partition coefficient (Wildman–Crippen LogP) is 3.06. The molecule has 3 saturated carbocycles. The van der Waals surface area contributed by atoms with E-state index in [1.807, 2.05) is 0 Å². The fraction of sp³-hybridized carbons (Fsp3) is 1.00. The first-order valence-electron chi connectivity index (χ1n) is 14.4. The number of rotatable bonds is 14. The number of fused-ring (bicyclic) bond motifs is 1. The van der Waals surface area contributed by atoms with Crippen LogP contribution in [0.2, 0.25) is 0 Å². The van der Waals surface area contributed by atoms with E-state index >= 15 is 0 Å².